The van der Waals surface area contributed by atoms with E-state index >= 15 is 0 Å². The van der Waals surface area contributed by atoms with Gasteiger partial charge in [-0.05, 0) is 63.0 Å². The molecule has 1 fully saturated rings. The maximum absolute atomic E-state index is 5.62. The molecule has 2 aliphatic rings. The maximum Gasteiger partial charge on any atom is 0.142 e. The lowest BCUT2D eigenvalue weighted by Gasteiger charge is -2.21. The van der Waals surface area contributed by atoms with Crippen LogP contribution in [0.25, 0.3) is 0 Å². The molecule has 20 heavy (non-hydrogen) atoms. The Balaban J connectivity index is 1.48. The molecule has 1 aromatic carbocycles. The molecule has 1 aromatic rings. The van der Waals surface area contributed by atoms with E-state index in [2.05, 4.69) is 28.4 Å². The van der Waals surface area contributed by atoms with Gasteiger partial charge in [-0.3, -0.25) is 0 Å². The van der Waals surface area contributed by atoms with Gasteiger partial charge in [-0.15, -0.1) is 0 Å². The minimum Gasteiger partial charge on any atom is -0.490 e. The van der Waals surface area contributed by atoms with E-state index in [1.807, 2.05) is 0 Å². The quantitative estimate of drug-likeness (QED) is 0.911. The summed E-state index contributed by atoms with van der Waals surface area (Å²) in [7, 11) is 0. The predicted octanol–water partition coefficient (Wildman–Crippen LogP) is 3.30. The number of benzene rings is 1. The first-order valence-electron chi connectivity index (χ1n) is 8.14. The van der Waals surface area contributed by atoms with Crippen molar-refractivity contribution < 1.29 is 4.74 Å². The van der Waals surface area contributed by atoms with Gasteiger partial charge in [0, 0.05) is 6.54 Å². The molecule has 2 heterocycles. The molecule has 0 aromatic heterocycles. The van der Waals surface area contributed by atoms with Crippen LogP contribution in [0.4, 0.5) is 5.69 Å². The van der Waals surface area contributed by atoms with Crippen LogP contribution in [0.5, 0.6) is 5.75 Å². The average Bonchev–Trinajstić information content (AvgIpc) is 2.76. The average molecular weight is 274 g/mol. The zero-order valence-electron chi connectivity index (χ0n) is 12.4. The molecular formula is C17H26N2O. The van der Waals surface area contributed by atoms with Crippen molar-refractivity contribution in [2.75, 3.05) is 38.1 Å². The Hall–Kier alpha value is -1.22. The summed E-state index contributed by atoms with van der Waals surface area (Å²) >= 11 is 0. The first kappa shape index (κ1) is 13.7. The summed E-state index contributed by atoms with van der Waals surface area (Å²) in [5, 5.41) is 3.42. The first-order valence-corrected chi connectivity index (χ1v) is 8.14. The summed E-state index contributed by atoms with van der Waals surface area (Å²) in [4.78, 5) is 2.65. The Bertz CT molecular complexity index is 425. The van der Waals surface area contributed by atoms with Crippen molar-refractivity contribution in [3.63, 3.8) is 0 Å². The highest BCUT2D eigenvalue weighted by molar-refractivity contribution is 5.59. The van der Waals surface area contributed by atoms with Gasteiger partial charge in [0.05, 0.1) is 5.69 Å². The lowest BCUT2D eigenvalue weighted by atomic mass is 10.1. The van der Waals surface area contributed by atoms with Gasteiger partial charge in [-0.2, -0.15) is 0 Å². The minimum atomic E-state index is 0.779. The Morgan fingerprint density at radius 1 is 1.10 bits per heavy atom. The lowest BCUT2D eigenvalue weighted by Crippen LogP contribution is -2.26. The zero-order chi connectivity index (χ0) is 13.6. The standard InChI is InChI=1S/C17H26N2O/c1-2-4-11-19(10-3-1)12-5-6-15-7-8-17-16(14-15)18-9-13-20-17/h7-8,14,18H,1-6,9-13H2. The molecule has 0 spiro atoms. The summed E-state index contributed by atoms with van der Waals surface area (Å²) in [6.45, 7) is 5.56. The lowest BCUT2D eigenvalue weighted by molar-refractivity contribution is 0.281. The molecule has 2 aliphatic heterocycles. The Morgan fingerprint density at radius 2 is 1.95 bits per heavy atom. The van der Waals surface area contributed by atoms with Crippen molar-refractivity contribution in [3.05, 3.63) is 23.8 Å². The van der Waals surface area contributed by atoms with Crippen LogP contribution in [0.2, 0.25) is 0 Å². The third kappa shape index (κ3) is 3.66. The van der Waals surface area contributed by atoms with Crippen LogP contribution < -0.4 is 10.1 Å². The van der Waals surface area contributed by atoms with Crippen LogP contribution in [0.1, 0.15) is 37.7 Å². The van der Waals surface area contributed by atoms with E-state index in [-0.39, 0.29) is 0 Å². The number of aryl methyl sites for hydroxylation is 1. The monoisotopic (exact) mass is 274 g/mol. The van der Waals surface area contributed by atoms with Gasteiger partial charge in [0.15, 0.2) is 0 Å². The number of fused-ring (bicyclic) bond motifs is 1. The van der Waals surface area contributed by atoms with Crippen LogP contribution in [-0.2, 0) is 6.42 Å². The van der Waals surface area contributed by atoms with Crippen molar-refractivity contribution in [3.8, 4) is 5.75 Å². The number of rotatable bonds is 4. The second-order valence-electron chi connectivity index (χ2n) is 5.97. The predicted molar refractivity (Wildman–Crippen MR) is 83.7 cm³/mol. The number of hydrogen-bond donors (Lipinski definition) is 1. The van der Waals surface area contributed by atoms with Gasteiger partial charge in [0.25, 0.3) is 0 Å². The first-order chi connectivity index (χ1) is 9.92. The smallest absolute Gasteiger partial charge is 0.142 e. The van der Waals surface area contributed by atoms with Gasteiger partial charge in [0.2, 0.25) is 0 Å². The summed E-state index contributed by atoms with van der Waals surface area (Å²) < 4.78 is 5.62. The van der Waals surface area contributed by atoms with E-state index in [9.17, 15) is 0 Å². The number of likely N-dealkylation sites (tertiary alicyclic amines) is 1. The molecule has 1 saturated heterocycles. The number of ether oxygens (including phenoxy) is 1. The fourth-order valence-electron chi connectivity index (χ4n) is 3.21. The molecular weight excluding hydrogens is 248 g/mol. The number of hydrogen-bond acceptors (Lipinski definition) is 3. The van der Waals surface area contributed by atoms with Crippen molar-refractivity contribution in [2.24, 2.45) is 0 Å². The summed E-state index contributed by atoms with van der Waals surface area (Å²) in [5.74, 6) is 1.01. The van der Waals surface area contributed by atoms with Crippen molar-refractivity contribution in [2.45, 2.75) is 38.5 Å². The largest absolute Gasteiger partial charge is 0.490 e. The number of anilines is 1. The number of nitrogens with zero attached hydrogens (tertiary/aromatic N) is 1. The molecule has 0 bridgehead atoms. The van der Waals surface area contributed by atoms with Crippen molar-refractivity contribution in [1.82, 2.24) is 4.90 Å². The van der Waals surface area contributed by atoms with E-state index in [0.29, 0.717) is 0 Å². The van der Waals surface area contributed by atoms with Crippen LogP contribution in [-0.4, -0.2) is 37.7 Å². The highest BCUT2D eigenvalue weighted by Gasteiger charge is 2.11. The van der Waals surface area contributed by atoms with Crippen LogP contribution in [0, 0.1) is 0 Å². The highest BCUT2D eigenvalue weighted by atomic mass is 16.5. The Kier molecular flexibility index (Phi) is 4.80. The van der Waals surface area contributed by atoms with Gasteiger partial charge in [-0.1, -0.05) is 18.9 Å². The van der Waals surface area contributed by atoms with E-state index in [1.165, 1.54) is 69.4 Å². The molecule has 0 saturated carbocycles. The summed E-state index contributed by atoms with van der Waals surface area (Å²) in [5.41, 5.74) is 2.60. The number of nitrogens with one attached hydrogen (secondary N) is 1. The molecule has 1 N–H and O–H groups in total. The van der Waals surface area contributed by atoms with Crippen LogP contribution in [0.15, 0.2) is 18.2 Å². The zero-order valence-corrected chi connectivity index (χ0v) is 12.4. The molecule has 3 rings (SSSR count). The van der Waals surface area contributed by atoms with E-state index in [1.54, 1.807) is 0 Å². The van der Waals surface area contributed by atoms with E-state index in [4.69, 9.17) is 4.74 Å². The second kappa shape index (κ2) is 6.98. The minimum absolute atomic E-state index is 0.779. The fourth-order valence-corrected chi connectivity index (χ4v) is 3.21. The normalized spacial score (nSPS) is 19.6. The molecule has 0 amide bonds. The van der Waals surface area contributed by atoms with Crippen molar-refractivity contribution in [1.29, 1.82) is 0 Å². The van der Waals surface area contributed by atoms with Crippen LogP contribution >= 0.6 is 0 Å². The van der Waals surface area contributed by atoms with Gasteiger partial charge < -0.3 is 15.0 Å². The van der Waals surface area contributed by atoms with E-state index < -0.39 is 0 Å². The topological polar surface area (TPSA) is 24.5 Å². The summed E-state index contributed by atoms with van der Waals surface area (Å²) in [6.07, 6.45) is 8.06. The molecule has 0 radical (unpaired) electrons. The van der Waals surface area contributed by atoms with Gasteiger partial charge >= 0.3 is 0 Å². The molecule has 3 heteroatoms. The third-order valence-electron chi connectivity index (χ3n) is 4.36. The van der Waals surface area contributed by atoms with Gasteiger partial charge in [0.1, 0.15) is 12.4 Å². The molecule has 0 unspecified atom stereocenters. The molecule has 110 valence electrons. The Labute approximate surface area is 122 Å². The van der Waals surface area contributed by atoms with Crippen molar-refractivity contribution >= 4 is 5.69 Å². The Morgan fingerprint density at radius 3 is 2.80 bits per heavy atom. The van der Waals surface area contributed by atoms with E-state index in [0.717, 1.165) is 18.9 Å². The fraction of sp³-hybridized carbons (Fsp3) is 0.647. The third-order valence-corrected chi connectivity index (χ3v) is 4.36. The van der Waals surface area contributed by atoms with Gasteiger partial charge in [-0.25, -0.2) is 0 Å². The summed E-state index contributed by atoms with van der Waals surface area (Å²) in [6, 6.07) is 6.59. The SMILES string of the molecule is c1cc2c(cc1CCCN1CCCCCC1)NCCO2. The second-order valence-corrected chi connectivity index (χ2v) is 5.97. The van der Waals surface area contributed by atoms with Crippen LogP contribution in [0.3, 0.4) is 0 Å². The molecule has 3 nitrogen and oxygen atoms in total. The molecule has 0 aliphatic carbocycles. The highest BCUT2D eigenvalue weighted by Crippen LogP contribution is 2.28. The maximum atomic E-state index is 5.62. The molecule has 0 atom stereocenters.